The van der Waals surface area contributed by atoms with Crippen molar-refractivity contribution in [3.05, 3.63) is 54.6 Å². The Hall–Kier alpha value is -3.13. The maximum Gasteiger partial charge on any atom is 0.346 e. The van der Waals surface area contributed by atoms with E-state index in [1.54, 1.807) is 41.6 Å². The maximum absolute atomic E-state index is 13.3. The fourth-order valence-electron chi connectivity index (χ4n) is 2.88. The average Bonchev–Trinajstić information content (AvgIpc) is 3.14. The van der Waals surface area contributed by atoms with E-state index >= 15 is 0 Å². The van der Waals surface area contributed by atoms with Crippen molar-refractivity contribution in [2.45, 2.75) is 0 Å². The molecule has 8 heteroatoms. The van der Waals surface area contributed by atoms with Gasteiger partial charge in [-0.15, -0.1) is 5.10 Å². The van der Waals surface area contributed by atoms with E-state index in [1.807, 2.05) is 0 Å². The molecule has 4 rings (SSSR count). The second kappa shape index (κ2) is 7.01. The number of pyridine rings is 1. The highest BCUT2D eigenvalue weighted by molar-refractivity contribution is 5.87. The fourth-order valence-corrected chi connectivity index (χ4v) is 2.88. The first-order chi connectivity index (χ1) is 12.7. The van der Waals surface area contributed by atoms with Crippen LogP contribution in [-0.2, 0) is 4.74 Å². The normalized spacial score (nSPS) is 14.4. The van der Waals surface area contributed by atoms with Crippen molar-refractivity contribution in [2.24, 2.45) is 0 Å². The van der Waals surface area contributed by atoms with E-state index in [2.05, 4.69) is 15.3 Å². The number of nitrogens with zero attached hydrogens (tertiary/aromatic N) is 5. The summed E-state index contributed by atoms with van der Waals surface area (Å²) < 4.78 is 19.9. The van der Waals surface area contributed by atoms with Gasteiger partial charge >= 0.3 is 6.03 Å². The molecule has 1 aromatic carbocycles. The van der Waals surface area contributed by atoms with Gasteiger partial charge < -0.3 is 9.64 Å². The summed E-state index contributed by atoms with van der Waals surface area (Å²) in [5.41, 5.74) is 2.50. The second-order valence-corrected chi connectivity index (χ2v) is 5.82. The summed E-state index contributed by atoms with van der Waals surface area (Å²) in [5, 5.41) is 8.29. The third-order valence-electron chi connectivity index (χ3n) is 4.20. The number of aromatic nitrogens is 4. The zero-order valence-electron chi connectivity index (χ0n) is 13.9. The lowest BCUT2D eigenvalue weighted by molar-refractivity contribution is 0.0528. The molecule has 1 aliphatic heterocycles. The first-order valence-corrected chi connectivity index (χ1v) is 8.23. The Morgan fingerprint density at radius 2 is 1.69 bits per heavy atom. The van der Waals surface area contributed by atoms with Crippen LogP contribution in [0.25, 0.3) is 22.5 Å². The zero-order chi connectivity index (χ0) is 17.9. The molecule has 0 spiro atoms. The van der Waals surface area contributed by atoms with Crippen LogP contribution in [0.2, 0.25) is 0 Å². The Labute approximate surface area is 149 Å². The van der Waals surface area contributed by atoms with Crippen molar-refractivity contribution >= 4 is 6.03 Å². The lowest BCUT2D eigenvalue weighted by atomic mass is 10.1. The number of hydrogen-bond acceptors (Lipinski definition) is 5. The number of ether oxygens (including phenoxy) is 1. The molecule has 0 unspecified atom stereocenters. The van der Waals surface area contributed by atoms with Gasteiger partial charge in [-0.25, -0.2) is 9.18 Å². The van der Waals surface area contributed by atoms with Gasteiger partial charge in [0, 0.05) is 36.6 Å². The third-order valence-corrected chi connectivity index (χ3v) is 4.20. The summed E-state index contributed by atoms with van der Waals surface area (Å²) in [5.74, 6) is -0.337. The van der Waals surface area contributed by atoms with E-state index in [1.165, 1.54) is 16.8 Å². The van der Waals surface area contributed by atoms with Crippen LogP contribution in [0.1, 0.15) is 0 Å². The van der Waals surface area contributed by atoms with Crippen LogP contribution in [-0.4, -0.2) is 57.2 Å². The largest absolute Gasteiger partial charge is 0.378 e. The number of benzene rings is 1. The van der Waals surface area contributed by atoms with Gasteiger partial charge in [0.15, 0.2) is 0 Å². The van der Waals surface area contributed by atoms with Crippen LogP contribution in [0.3, 0.4) is 0 Å². The van der Waals surface area contributed by atoms with Crippen LogP contribution < -0.4 is 0 Å². The summed E-state index contributed by atoms with van der Waals surface area (Å²) >= 11 is 0. The highest BCUT2D eigenvalue weighted by Crippen LogP contribution is 2.30. The monoisotopic (exact) mass is 353 g/mol. The van der Waals surface area contributed by atoms with Gasteiger partial charge in [-0.2, -0.15) is 4.68 Å². The van der Waals surface area contributed by atoms with Crippen LogP contribution in [0, 0.1) is 5.82 Å². The SMILES string of the molecule is O=C(N1CCOCC1)n1nnc(-c2ccc(F)cc2)c1-c1ccncc1. The molecule has 2 aromatic heterocycles. The molecule has 1 saturated heterocycles. The van der Waals surface area contributed by atoms with Crippen molar-refractivity contribution in [1.82, 2.24) is 24.9 Å². The van der Waals surface area contributed by atoms with Crippen molar-refractivity contribution in [1.29, 1.82) is 0 Å². The van der Waals surface area contributed by atoms with Crippen LogP contribution in [0.5, 0.6) is 0 Å². The molecule has 1 amide bonds. The molecule has 132 valence electrons. The Bertz CT molecular complexity index is 905. The number of hydrogen-bond donors (Lipinski definition) is 0. The molecule has 0 saturated carbocycles. The highest BCUT2D eigenvalue weighted by Gasteiger charge is 2.25. The number of rotatable bonds is 2. The Morgan fingerprint density at radius 1 is 1.00 bits per heavy atom. The number of morpholine rings is 1. The van der Waals surface area contributed by atoms with Gasteiger partial charge in [-0.1, -0.05) is 5.21 Å². The van der Waals surface area contributed by atoms with Gasteiger partial charge in [0.25, 0.3) is 0 Å². The van der Waals surface area contributed by atoms with Crippen LogP contribution >= 0.6 is 0 Å². The number of carbonyl (C=O) groups excluding carboxylic acids is 1. The zero-order valence-corrected chi connectivity index (χ0v) is 13.9. The molecule has 1 fully saturated rings. The smallest absolute Gasteiger partial charge is 0.346 e. The first-order valence-electron chi connectivity index (χ1n) is 8.23. The first kappa shape index (κ1) is 16.3. The van der Waals surface area contributed by atoms with Gasteiger partial charge in [-0.3, -0.25) is 4.98 Å². The molecule has 3 aromatic rings. The number of halogens is 1. The predicted octanol–water partition coefficient (Wildman–Crippen LogP) is 2.45. The van der Waals surface area contributed by atoms with E-state index in [0.29, 0.717) is 43.3 Å². The molecule has 0 aliphatic carbocycles. The quantitative estimate of drug-likeness (QED) is 0.708. The topological polar surface area (TPSA) is 73.1 Å². The molecule has 0 atom stereocenters. The Morgan fingerprint density at radius 3 is 2.38 bits per heavy atom. The van der Waals surface area contributed by atoms with Gasteiger partial charge in [0.2, 0.25) is 0 Å². The minimum Gasteiger partial charge on any atom is -0.378 e. The predicted molar refractivity (Wildman–Crippen MR) is 91.8 cm³/mol. The molecule has 0 N–H and O–H groups in total. The lowest BCUT2D eigenvalue weighted by Crippen LogP contribution is -2.43. The van der Waals surface area contributed by atoms with Crippen molar-refractivity contribution in [2.75, 3.05) is 26.3 Å². The highest BCUT2D eigenvalue weighted by atomic mass is 19.1. The van der Waals surface area contributed by atoms with Gasteiger partial charge in [0.1, 0.15) is 17.2 Å². The summed E-state index contributed by atoms with van der Waals surface area (Å²) in [6.45, 7) is 1.99. The van der Waals surface area contributed by atoms with Gasteiger partial charge in [0.05, 0.1) is 13.2 Å². The lowest BCUT2D eigenvalue weighted by Gasteiger charge is -2.26. The minimum atomic E-state index is -0.337. The third kappa shape index (κ3) is 3.06. The molecule has 1 aliphatic rings. The number of amides is 1. The summed E-state index contributed by atoms with van der Waals surface area (Å²) in [6, 6.07) is 9.26. The molecule has 0 bridgehead atoms. The summed E-state index contributed by atoms with van der Waals surface area (Å²) in [6.07, 6.45) is 3.28. The fraction of sp³-hybridized carbons (Fsp3) is 0.222. The minimum absolute atomic E-state index is 0.263. The van der Waals surface area contributed by atoms with E-state index in [0.717, 1.165) is 5.56 Å². The standard InChI is InChI=1S/C18H16FN5O2/c19-15-3-1-13(2-4-15)16-17(14-5-7-20-8-6-14)24(22-21-16)18(25)23-9-11-26-12-10-23/h1-8H,9-12H2. The summed E-state index contributed by atoms with van der Waals surface area (Å²) in [4.78, 5) is 18.6. The molecule has 26 heavy (non-hydrogen) atoms. The van der Waals surface area contributed by atoms with Crippen molar-refractivity contribution in [3.8, 4) is 22.5 Å². The molecule has 3 heterocycles. The van der Waals surface area contributed by atoms with E-state index in [-0.39, 0.29) is 11.8 Å². The van der Waals surface area contributed by atoms with Crippen LogP contribution in [0.15, 0.2) is 48.8 Å². The molecule has 7 nitrogen and oxygen atoms in total. The Balaban J connectivity index is 1.82. The molecular weight excluding hydrogens is 337 g/mol. The van der Waals surface area contributed by atoms with Gasteiger partial charge in [-0.05, 0) is 36.4 Å². The van der Waals surface area contributed by atoms with Crippen LogP contribution in [0.4, 0.5) is 9.18 Å². The van der Waals surface area contributed by atoms with Crippen molar-refractivity contribution < 1.29 is 13.9 Å². The number of carbonyl (C=O) groups is 1. The Kier molecular flexibility index (Phi) is 4.40. The molecule has 0 radical (unpaired) electrons. The van der Waals surface area contributed by atoms with Crippen molar-refractivity contribution in [3.63, 3.8) is 0 Å². The molecular formula is C18H16FN5O2. The maximum atomic E-state index is 13.3. The second-order valence-electron chi connectivity index (χ2n) is 5.82. The summed E-state index contributed by atoms with van der Waals surface area (Å²) in [7, 11) is 0. The van der Waals surface area contributed by atoms with E-state index < -0.39 is 0 Å². The van der Waals surface area contributed by atoms with E-state index in [4.69, 9.17) is 4.74 Å². The average molecular weight is 353 g/mol. The van der Waals surface area contributed by atoms with E-state index in [9.17, 15) is 9.18 Å².